The number of rotatable bonds is 2. The highest BCUT2D eigenvalue weighted by Crippen LogP contribution is 2.16. The zero-order valence-electron chi connectivity index (χ0n) is 7.52. The van der Waals surface area contributed by atoms with E-state index in [0.29, 0.717) is 0 Å². The lowest BCUT2D eigenvalue weighted by atomic mass is 10.2. The molecule has 0 atom stereocenters. The van der Waals surface area contributed by atoms with Crippen LogP contribution in [-0.4, -0.2) is 9.97 Å². The molecule has 0 saturated carbocycles. The summed E-state index contributed by atoms with van der Waals surface area (Å²) in [6.07, 6.45) is 3.58. The maximum Gasteiger partial charge on any atom is 0.0721 e. The van der Waals surface area contributed by atoms with Gasteiger partial charge in [0.05, 0.1) is 11.4 Å². The molecule has 0 aliphatic carbocycles. The van der Waals surface area contributed by atoms with Crippen molar-refractivity contribution in [2.45, 2.75) is 5.33 Å². The molecule has 2 heterocycles. The zero-order chi connectivity index (χ0) is 9.80. The zero-order valence-corrected chi connectivity index (χ0v) is 9.11. The molecule has 3 heteroatoms. The smallest absolute Gasteiger partial charge is 0.0721 e. The van der Waals surface area contributed by atoms with Gasteiger partial charge in [-0.3, -0.25) is 9.97 Å². The van der Waals surface area contributed by atoms with Crippen LogP contribution in [0.1, 0.15) is 5.69 Å². The van der Waals surface area contributed by atoms with Crippen LogP contribution in [0.5, 0.6) is 0 Å². The van der Waals surface area contributed by atoms with Gasteiger partial charge in [-0.1, -0.05) is 22.0 Å². The van der Waals surface area contributed by atoms with Crippen molar-refractivity contribution in [1.82, 2.24) is 9.97 Å². The molecule has 0 unspecified atom stereocenters. The van der Waals surface area contributed by atoms with Gasteiger partial charge in [-0.15, -0.1) is 0 Å². The van der Waals surface area contributed by atoms with Crippen LogP contribution < -0.4 is 0 Å². The number of nitrogens with zero attached hydrogens (tertiary/aromatic N) is 2. The molecule has 2 rings (SSSR count). The molecular weight excluding hydrogens is 240 g/mol. The molecule has 70 valence electrons. The Hall–Kier alpha value is -1.22. The van der Waals surface area contributed by atoms with E-state index < -0.39 is 0 Å². The van der Waals surface area contributed by atoms with Crippen molar-refractivity contribution in [2.24, 2.45) is 0 Å². The fraction of sp³-hybridized carbons (Fsp3) is 0.0909. The van der Waals surface area contributed by atoms with Crippen molar-refractivity contribution in [2.75, 3.05) is 0 Å². The molecular formula is C11H9BrN2. The number of pyridine rings is 2. The molecule has 0 saturated heterocycles. The van der Waals surface area contributed by atoms with Crippen LogP contribution in [0.3, 0.4) is 0 Å². The summed E-state index contributed by atoms with van der Waals surface area (Å²) < 4.78 is 0. The Morgan fingerprint density at radius 3 is 2.79 bits per heavy atom. The first-order valence-electron chi connectivity index (χ1n) is 4.32. The van der Waals surface area contributed by atoms with Crippen molar-refractivity contribution in [3.05, 3.63) is 48.4 Å². The molecule has 2 aromatic rings. The Balaban J connectivity index is 2.42. The quantitative estimate of drug-likeness (QED) is 0.764. The van der Waals surface area contributed by atoms with Crippen LogP contribution in [0, 0.1) is 0 Å². The van der Waals surface area contributed by atoms with Gasteiger partial charge in [0.15, 0.2) is 0 Å². The summed E-state index contributed by atoms with van der Waals surface area (Å²) in [5, 5.41) is 0.779. The summed E-state index contributed by atoms with van der Waals surface area (Å²) in [6.45, 7) is 0. The maximum atomic E-state index is 4.47. The molecule has 2 aromatic heterocycles. The van der Waals surface area contributed by atoms with E-state index in [0.717, 1.165) is 22.3 Å². The van der Waals surface area contributed by atoms with Gasteiger partial charge >= 0.3 is 0 Å². The second kappa shape index (κ2) is 4.33. The lowest BCUT2D eigenvalue weighted by Gasteiger charge is -2.01. The molecule has 0 amide bonds. The summed E-state index contributed by atoms with van der Waals surface area (Å²) in [5.74, 6) is 0. The third-order valence-corrected chi connectivity index (χ3v) is 2.48. The standard InChI is InChI=1S/C11H9BrN2/c12-7-10-4-1-5-11(14-10)9-3-2-6-13-8-9/h1-6,8H,7H2. The predicted octanol–water partition coefficient (Wildman–Crippen LogP) is 3.04. The van der Waals surface area contributed by atoms with E-state index in [-0.39, 0.29) is 0 Å². The summed E-state index contributed by atoms with van der Waals surface area (Å²) >= 11 is 3.39. The molecule has 0 fully saturated rings. The molecule has 14 heavy (non-hydrogen) atoms. The highest BCUT2D eigenvalue weighted by atomic mass is 79.9. The van der Waals surface area contributed by atoms with Gasteiger partial charge in [0, 0.05) is 23.3 Å². The summed E-state index contributed by atoms with van der Waals surface area (Å²) in [5.41, 5.74) is 3.05. The van der Waals surface area contributed by atoms with Crippen LogP contribution in [0.2, 0.25) is 0 Å². The SMILES string of the molecule is BrCc1cccc(-c2cccnc2)n1. The molecule has 0 aromatic carbocycles. The van der Waals surface area contributed by atoms with E-state index in [1.807, 2.05) is 36.5 Å². The fourth-order valence-corrected chi connectivity index (χ4v) is 1.54. The van der Waals surface area contributed by atoms with Crippen LogP contribution in [0.25, 0.3) is 11.3 Å². The molecule has 0 bridgehead atoms. The van der Waals surface area contributed by atoms with Crippen molar-refractivity contribution in [3.63, 3.8) is 0 Å². The molecule has 0 aliphatic heterocycles. The average molecular weight is 249 g/mol. The van der Waals surface area contributed by atoms with Gasteiger partial charge < -0.3 is 0 Å². The van der Waals surface area contributed by atoms with Gasteiger partial charge in [0.2, 0.25) is 0 Å². The monoisotopic (exact) mass is 248 g/mol. The first-order valence-corrected chi connectivity index (χ1v) is 5.44. The van der Waals surface area contributed by atoms with Crippen LogP contribution in [-0.2, 0) is 5.33 Å². The number of aromatic nitrogens is 2. The Morgan fingerprint density at radius 1 is 1.14 bits per heavy atom. The van der Waals surface area contributed by atoms with Gasteiger partial charge in [-0.25, -0.2) is 0 Å². The summed E-state index contributed by atoms with van der Waals surface area (Å²) in [4.78, 5) is 8.54. The molecule has 0 radical (unpaired) electrons. The van der Waals surface area contributed by atoms with Crippen LogP contribution >= 0.6 is 15.9 Å². The van der Waals surface area contributed by atoms with Gasteiger partial charge in [0.1, 0.15) is 0 Å². The highest BCUT2D eigenvalue weighted by Gasteiger charge is 1.99. The van der Waals surface area contributed by atoms with Gasteiger partial charge in [0.25, 0.3) is 0 Å². The highest BCUT2D eigenvalue weighted by molar-refractivity contribution is 9.08. The lowest BCUT2D eigenvalue weighted by molar-refractivity contribution is 1.18. The number of halogens is 1. The predicted molar refractivity (Wildman–Crippen MR) is 60.1 cm³/mol. The van der Waals surface area contributed by atoms with Crippen molar-refractivity contribution in [3.8, 4) is 11.3 Å². The number of hydrogen-bond donors (Lipinski definition) is 0. The second-order valence-electron chi connectivity index (χ2n) is 2.89. The van der Waals surface area contributed by atoms with E-state index in [4.69, 9.17) is 0 Å². The molecule has 2 nitrogen and oxygen atoms in total. The first-order chi connectivity index (χ1) is 6.90. The van der Waals surface area contributed by atoms with Crippen molar-refractivity contribution < 1.29 is 0 Å². The van der Waals surface area contributed by atoms with E-state index in [1.54, 1.807) is 6.20 Å². The van der Waals surface area contributed by atoms with E-state index >= 15 is 0 Å². The lowest BCUT2D eigenvalue weighted by Crippen LogP contribution is -1.88. The Bertz CT molecular complexity index is 415. The number of hydrogen-bond acceptors (Lipinski definition) is 2. The minimum Gasteiger partial charge on any atom is -0.264 e. The summed E-state index contributed by atoms with van der Waals surface area (Å²) in [6, 6.07) is 9.91. The molecule has 0 aliphatic rings. The fourth-order valence-electron chi connectivity index (χ4n) is 1.23. The van der Waals surface area contributed by atoms with Crippen LogP contribution in [0.4, 0.5) is 0 Å². The van der Waals surface area contributed by atoms with Crippen molar-refractivity contribution in [1.29, 1.82) is 0 Å². The Kier molecular flexibility index (Phi) is 2.89. The minimum atomic E-state index is 0.779. The largest absolute Gasteiger partial charge is 0.264 e. The van der Waals surface area contributed by atoms with E-state index in [9.17, 15) is 0 Å². The van der Waals surface area contributed by atoms with Crippen molar-refractivity contribution >= 4 is 15.9 Å². The Morgan fingerprint density at radius 2 is 2.07 bits per heavy atom. The van der Waals surface area contributed by atoms with E-state index in [1.165, 1.54) is 0 Å². The number of alkyl halides is 1. The molecule has 0 spiro atoms. The van der Waals surface area contributed by atoms with E-state index in [2.05, 4.69) is 25.9 Å². The van der Waals surface area contributed by atoms with Gasteiger partial charge in [-0.05, 0) is 24.3 Å². The van der Waals surface area contributed by atoms with Crippen LogP contribution in [0.15, 0.2) is 42.7 Å². The van der Waals surface area contributed by atoms with Gasteiger partial charge in [-0.2, -0.15) is 0 Å². The Labute approximate surface area is 91.2 Å². The summed E-state index contributed by atoms with van der Waals surface area (Å²) in [7, 11) is 0. The molecule has 0 N–H and O–H groups in total. The third kappa shape index (κ3) is 1.99. The third-order valence-electron chi connectivity index (χ3n) is 1.90. The normalized spacial score (nSPS) is 10.1. The maximum absolute atomic E-state index is 4.47. The minimum absolute atomic E-state index is 0.779. The first kappa shape index (κ1) is 9.34. The second-order valence-corrected chi connectivity index (χ2v) is 3.45. The average Bonchev–Trinajstić information content (AvgIpc) is 2.30. The topological polar surface area (TPSA) is 25.8 Å².